The highest BCUT2D eigenvalue weighted by atomic mass is 35.5. The summed E-state index contributed by atoms with van der Waals surface area (Å²) in [7, 11) is 1.43. The molecule has 2 heterocycles. The second-order valence-electron chi connectivity index (χ2n) is 5.09. The number of hydrogen-bond acceptors (Lipinski definition) is 5. The molecule has 0 aromatic carbocycles. The number of ether oxygens (including phenoxy) is 1. The molecule has 1 aromatic heterocycles. The molecule has 104 valence electrons. The summed E-state index contributed by atoms with van der Waals surface area (Å²) < 4.78 is 5.00. The zero-order valence-electron chi connectivity index (χ0n) is 11.1. The Kier molecular flexibility index (Phi) is 4.37. The lowest BCUT2D eigenvalue weighted by Gasteiger charge is -2.37. The van der Waals surface area contributed by atoms with Gasteiger partial charge in [-0.3, -0.25) is 9.78 Å². The molecule has 2 rings (SSSR count). The van der Waals surface area contributed by atoms with Crippen molar-refractivity contribution in [2.24, 2.45) is 5.41 Å². The average molecular weight is 284 g/mol. The van der Waals surface area contributed by atoms with Crippen LogP contribution in [0.25, 0.3) is 0 Å². The molecule has 1 aliphatic heterocycles. The first kappa shape index (κ1) is 14.2. The van der Waals surface area contributed by atoms with Crippen molar-refractivity contribution in [3.8, 4) is 0 Å². The Labute approximate surface area is 117 Å². The maximum atomic E-state index is 12.2. The number of nitrogens with one attached hydrogen (secondary N) is 1. The van der Waals surface area contributed by atoms with Crippen molar-refractivity contribution in [2.45, 2.75) is 32.2 Å². The van der Waals surface area contributed by atoms with Crippen molar-refractivity contribution in [2.75, 3.05) is 13.7 Å². The molecule has 1 saturated heterocycles. The quantitative estimate of drug-likeness (QED) is 0.854. The molecule has 19 heavy (non-hydrogen) atoms. The number of piperidine rings is 1. The van der Waals surface area contributed by atoms with Crippen molar-refractivity contribution >= 4 is 17.6 Å². The summed E-state index contributed by atoms with van der Waals surface area (Å²) in [6.45, 7) is 2.87. The van der Waals surface area contributed by atoms with Crippen LogP contribution >= 0.6 is 11.6 Å². The van der Waals surface area contributed by atoms with Gasteiger partial charge in [0, 0.05) is 18.7 Å². The first-order valence-corrected chi connectivity index (χ1v) is 6.72. The van der Waals surface area contributed by atoms with Gasteiger partial charge < -0.3 is 10.1 Å². The Morgan fingerprint density at radius 2 is 2.42 bits per heavy atom. The number of carbonyl (C=O) groups is 1. The van der Waals surface area contributed by atoms with Crippen LogP contribution in [0.2, 0.25) is 5.15 Å². The van der Waals surface area contributed by atoms with E-state index in [1.54, 1.807) is 6.20 Å². The Morgan fingerprint density at radius 3 is 3.05 bits per heavy atom. The van der Waals surface area contributed by atoms with Crippen LogP contribution in [0.1, 0.15) is 25.5 Å². The fourth-order valence-electron chi connectivity index (χ4n) is 2.76. The molecule has 6 heteroatoms. The largest absolute Gasteiger partial charge is 0.469 e. The summed E-state index contributed by atoms with van der Waals surface area (Å²) in [5.41, 5.74) is 0.200. The molecule has 1 aromatic rings. The van der Waals surface area contributed by atoms with Crippen LogP contribution < -0.4 is 5.32 Å². The molecule has 0 amide bonds. The first-order chi connectivity index (χ1) is 9.05. The third-order valence-corrected chi connectivity index (χ3v) is 3.77. The highest BCUT2D eigenvalue weighted by Crippen LogP contribution is 2.36. The van der Waals surface area contributed by atoms with Crippen molar-refractivity contribution in [1.82, 2.24) is 15.3 Å². The van der Waals surface area contributed by atoms with E-state index >= 15 is 0 Å². The molecular weight excluding hydrogens is 266 g/mol. The van der Waals surface area contributed by atoms with E-state index in [1.807, 2.05) is 0 Å². The van der Waals surface area contributed by atoms with E-state index in [9.17, 15) is 4.79 Å². The zero-order valence-corrected chi connectivity index (χ0v) is 11.9. The SMILES string of the molecule is COC(=O)C1(Cc2cncc(Cl)n2)CCN[C@H](C)C1. The van der Waals surface area contributed by atoms with E-state index in [0.29, 0.717) is 11.6 Å². The normalized spacial score (nSPS) is 27.0. The number of halogens is 1. The van der Waals surface area contributed by atoms with Gasteiger partial charge >= 0.3 is 5.97 Å². The number of nitrogens with zero attached hydrogens (tertiary/aromatic N) is 2. The molecule has 2 atom stereocenters. The number of esters is 1. The second kappa shape index (κ2) is 5.84. The molecule has 0 aliphatic carbocycles. The van der Waals surface area contributed by atoms with E-state index in [4.69, 9.17) is 16.3 Å². The molecule has 1 unspecified atom stereocenters. The van der Waals surface area contributed by atoms with E-state index in [0.717, 1.165) is 25.1 Å². The summed E-state index contributed by atoms with van der Waals surface area (Å²) in [5, 5.41) is 3.69. The lowest BCUT2D eigenvalue weighted by atomic mass is 9.73. The molecule has 5 nitrogen and oxygen atoms in total. The highest BCUT2D eigenvalue weighted by Gasteiger charge is 2.43. The minimum Gasteiger partial charge on any atom is -0.469 e. The van der Waals surface area contributed by atoms with Gasteiger partial charge in [0.05, 0.1) is 24.4 Å². The van der Waals surface area contributed by atoms with E-state index in [2.05, 4.69) is 22.2 Å². The van der Waals surface area contributed by atoms with Gasteiger partial charge in [0.15, 0.2) is 0 Å². The van der Waals surface area contributed by atoms with Gasteiger partial charge in [-0.05, 0) is 26.3 Å². The molecule has 0 saturated carbocycles. The smallest absolute Gasteiger partial charge is 0.312 e. The Hall–Kier alpha value is -1.20. The van der Waals surface area contributed by atoms with Crippen LogP contribution in [0.4, 0.5) is 0 Å². The second-order valence-corrected chi connectivity index (χ2v) is 5.48. The van der Waals surface area contributed by atoms with Gasteiger partial charge in [-0.1, -0.05) is 11.6 Å². The van der Waals surface area contributed by atoms with Crippen LogP contribution in [-0.4, -0.2) is 35.6 Å². The van der Waals surface area contributed by atoms with E-state index in [-0.39, 0.29) is 12.0 Å². The zero-order chi connectivity index (χ0) is 13.9. The minimum atomic E-state index is -0.529. The summed E-state index contributed by atoms with van der Waals surface area (Å²) >= 11 is 5.85. The molecule has 0 spiro atoms. The Balaban J connectivity index is 2.25. The fraction of sp³-hybridized carbons (Fsp3) is 0.615. The summed E-state index contributed by atoms with van der Waals surface area (Å²) in [4.78, 5) is 20.4. The number of methoxy groups -OCH3 is 1. The van der Waals surface area contributed by atoms with Gasteiger partial charge in [-0.2, -0.15) is 0 Å². The van der Waals surface area contributed by atoms with Crippen molar-refractivity contribution in [3.05, 3.63) is 23.2 Å². The van der Waals surface area contributed by atoms with Crippen LogP contribution in [0, 0.1) is 5.41 Å². The van der Waals surface area contributed by atoms with E-state index < -0.39 is 5.41 Å². The van der Waals surface area contributed by atoms with Gasteiger partial charge in [0.2, 0.25) is 0 Å². The van der Waals surface area contributed by atoms with Gasteiger partial charge in [0.25, 0.3) is 0 Å². The third kappa shape index (κ3) is 3.22. The molecular formula is C13H18ClN3O2. The number of aromatic nitrogens is 2. The number of carbonyl (C=O) groups excluding carboxylic acids is 1. The lowest BCUT2D eigenvalue weighted by molar-refractivity contribution is -0.155. The van der Waals surface area contributed by atoms with Crippen LogP contribution in [0.3, 0.4) is 0 Å². The Morgan fingerprint density at radius 1 is 1.63 bits per heavy atom. The van der Waals surface area contributed by atoms with E-state index in [1.165, 1.54) is 13.3 Å². The molecule has 1 aliphatic rings. The third-order valence-electron chi connectivity index (χ3n) is 3.59. The van der Waals surface area contributed by atoms with Crippen LogP contribution in [0.15, 0.2) is 12.4 Å². The van der Waals surface area contributed by atoms with Crippen molar-refractivity contribution < 1.29 is 9.53 Å². The van der Waals surface area contributed by atoms with Crippen molar-refractivity contribution in [1.29, 1.82) is 0 Å². The van der Waals surface area contributed by atoms with Gasteiger partial charge in [-0.15, -0.1) is 0 Å². The summed E-state index contributed by atoms with van der Waals surface area (Å²) in [5.74, 6) is -0.178. The molecule has 1 fully saturated rings. The minimum absolute atomic E-state index is 0.178. The standard InChI is InChI=1S/C13H18ClN3O2/c1-9-5-13(3-4-16-9,12(18)19-2)6-10-7-15-8-11(14)17-10/h7-9,16H,3-6H2,1-2H3/t9-,13?/m1/s1. The van der Waals surface area contributed by atoms with Crippen LogP contribution in [0.5, 0.6) is 0 Å². The first-order valence-electron chi connectivity index (χ1n) is 6.34. The monoisotopic (exact) mass is 283 g/mol. The van der Waals surface area contributed by atoms with Gasteiger partial charge in [0.1, 0.15) is 5.15 Å². The average Bonchev–Trinajstić information content (AvgIpc) is 2.37. The van der Waals surface area contributed by atoms with Crippen LogP contribution in [-0.2, 0) is 16.0 Å². The number of rotatable bonds is 3. The maximum absolute atomic E-state index is 12.2. The number of hydrogen-bond donors (Lipinski definition) is 1. The molecule has 0 radical (unpaired) electrons. The highest BCUT2D eigenvalue weighted by molar-refractivity contribution is 6.29. The Bertz CT molecular complexity index is 469. The topological polar surface area (TPSA) is 64.1 Å². The summed E-state index contributed by atoms with van der Waals surface area (Å²) in [6.07, 6.45) is 5.12. The molecule has 0 bridgehead atoms. The predicted molar refractivity (Wildman–Crippen MR) is 71.9 cm³/mol. The fourth-order valence-corrected chi connectivity index (χ4v) is 2.93. The summed E-state index contributed by atoms with van der Waals surface area (Å²) in [6, 6.07) is 0.278. The maximum Gasteiger partial charge on any atom is 0.312 e. The predicted octanol–water partition coefficient (Wildman–Crippen LogP) is 1.60. The molecule has 1 N–H and O–H groups in total. The van der Waals surface area contributed by atoms with Crippen molar-refractivity contribution in [3.63, 3.8) is 0 Å². The van der Waals surface area contributed by atoms with Gasteiger partial charge in [-0.25, -0.2) is 4.98 Å². The lowest BCUT2D eigenvalue weighted by Crippen LogP contribution is -2.48.